The molecule has 4 heteroatoms. The maximum absolute atomic E-state index is 12.2. The van der Waals surface area contributed by atoms with E-state index in [1.54, 1.807) is 6.07 Å². The van der Waals surface area contributed by atoms with Gasteiger partial charge >= 0.3 is 6.18 Å². The molecule has 0 aliphatic carbocycles. The van der Waals surface area contributed by atoms with E-state index in [9.17, 15) is 13.2 Å². The Kier molecular flexibility index (Phi) is 4.96. The van der Waals surface area contributed by atoms with Crippen LogP contribution in [0.15, 0.2) is 30.3 Å². The van der Waals surface area contributed by atoms with Crippen LogP contribution in [0, 0.1) is 0 Å². The summed E-state index contributed by atoms with van der Waals surface area (Å²) in [6.45, 7) is 4.16. The van der Waals surface area contributed by atoms with Crippen LogP contribution < -0.4 is 5.73 Å². The Morgan fingerprint density at radius 1 is 1.33 bits per heavy atom. The van der Waals surface area contributed by atoms with Gasteiger partial charge in [0.05, 0.1) is 0 Å². The molecule has 18 heavy (non-hydrogen) atoms. The number of rotatable bonds is 4. The summed E-state index contributed by atoms with van der Waals surface area (Å²) >= 11 is 0. The molecule has 0 aliphatic rings. The van der Waals surface area contributed by atoms with E-state index in [1.165, 1.54) is 6.08 Å². The predicted molar refractivity (Wildman–Crippen MR) is 68.2 cm³/mol. The molecule has 0 saturated carbocycles. The number of halogens is 3. The molecule has 2 atom stereocenters. The second kappa shape index (κ2) is 6.05. The number of hydrogen-bond donors (Lipinski definition) is 1. The highest BCUT2D eigenvalue weighted by Crippen LogP contribution is 2.22. The molecule has 100 valence electrons. The highest BCUT2D eigenvalue weighted by molar-refractivity contribution is 5.51. The molecule has 0 heterocycles. The van der Waals surface area contributed by atoms with Gasteiger partial charge in [-0.25, -0.2) is 0 Å². The Hall–Kier alpha value is -1.29. The molecular weight excluding hydrogens is 239 g/mol. The zero-order chi connectivity index (χ0) is 13.8. The fourth-order valence-electron chi connectivity index (χ4n) is 1.53. The van der Waals surface area contributed by atoms with E-state index in [1.807, 2.05) is 18.2 Å². The van der Waals surface area contributed by atoms with Gasteiger partial charge in [-0.1, -0.05) is 50.3 Å². The second-order valence-corrected chi connectivity index (χ2v) is 4.41. The minimum Gasteiger partial charge on any atom is -0.317 e. The first-order chi connectivity index (χ1) is 8.34. The Morgan fingerprint density at radius 3 is 2.56 bits per heavy atom. The van der Waals surface area contributed by atoms with E-state index in [4.69, 9.17) is 5.73 Å². The number of nitrogens with two attached hydrogens (primary N) is 1. The summed E-state index contributed by atoms with van der Waals surface area (Å²) < 4.78 is 36.7. The van der Waals surface area contributed by atoms with Crippen molar-refractivity contribution in [2.75, 3.05) is 0 Å². The summed E-state index contributed by atoms with van der Waals surface area (Å²) in [7, 11) is 0. The van der Waals surface area contributed by atoms with Gasteiger partial charge in [0.2, 0.25) is 0 Å². The molecule has 1 nitrogen and oxygen atoms in total. The molecule has 0 radical (unpaired) electrons. The molecular formula is C14H18F3N. The van der Waals surface area contributed by atoms with Gasteiger partial charge < -0.3 is 5.73 Å². The molecule has 2 N–H and O–H groups in total. The Morgan fingerprint density at radius 2 is 2.00 bits per heavy atom. The fourth-order valence-corrected chi connectivity index (χ4v) is 1.53. The molecule has 0 aliphatic heterocycles. The molecule has 1 aromatic rings. The molecule has 0 spiro atoms. The van der Waals surface area contributed by atoms with Gasteiger partial charge in [0, 0.05) is 0 Å². The van der Waals surface area contributed by atoms with Crippen LogP contribution in [0.1, 0.15) is 37.3 Å². The summed E-state index contributed by atoms with van der Waals surface area (Å²) in [6.07, 6.45) is -0.986. The number of hydrogen-bond acceptors (Lipinski definition) is 1. The second-order valence-electron chi connectivity index (χ2n) is 4.41. The molecule has 0 fully saturated rings. The normalized spacial score (nSPS) is 15.9. The van der Waals surface area contributed by atoms with E-state index >= 15 is 0 Å². The van der Waals surface area contributed by atoms with Gasteiger partial charge in [-0.15, -0.1) is 0 Å². The van der Waals surface area contributed by atoms with Gasteiger partial charge in [-0.2, -0.15) is 13.2 Å². The van der Waals surface area contributed by atoms with Crippen LogP contribution in [-0.4, -0.2) is 12.2 Å². The third-order valence-corrected chi connectivity index (χ3v) is 2.97. The van der Waals surface area contributed by atoms with E-state index in [0.717, 1.165) is 23.6 Å². The van der Waals surface area contributed by atoms with E-state index in [-0.39, 0.29) is 0 Å². The van der Waals surface area contributed by atoms with Crippen LogP contribution in [0.25, 0.3) is 6.08 Å². The van der Waals surface area contributed by atoms with Crippen molar-refractivity contribution in [3.05, 3.63) is 41.5 Å². The summed E-state index contributed by atoms with van der Waals surface area (Å²) in [5.41, 5.74) is 6.88. The van der Waals surface area contributed by atoms with Crippen LogP contribution in [0.5, 0.6) is 0 Å². The lowest BCUT2D eigenvalue weighted by Crippen LogP contribution is -2.35. The molecule has 0 saturated heterocycles. The van der Waals surface area contributed by atoms with E-state index in [0.29, 0.717) is 5.92 Å². The van der Waals surface area contributed by atoms with Gasteiger partial charge in [-0.3, -0.25) is 0 Å². The molecule has 0 aromatic heterocycles. The standard InChI is InChI=1S/C14H18F3N/c1-3-10(2)12-6-4-5-11(9-12)7-8-13(18)14(15,16)17/h4-10,13H,3,18H2,1-2H3/t10?,13-/m0/s1. The average Bonchev–Trinajstić information content (AvgIpc) is 2.34. The summed E-state index contributed by atoms with van der Waals surface area (Å²) in [4.78, 5) is 0. The fraction of sp³-hybridized carbons (Fsp3) is 0.429. The van der Waals surface area contributed by atoms with Crippen LogP contribution in [0.3, 0.4) is 0 Å². The molecule has 1 aromatic carbocycles. The smallest absolute Gasteiger partial charge is 0.317 e. The first-order valence-corrected chi connectivity index (χ1v) is 5.95. The first-order valence-electron chi connectivity index (χ1n) is 5.95. The van der Waals surface area contributed by atoms with Gasteiger partial charge in [0.1, 0.15) is 6.04 Å². The Bertz CT molecular complexity index is 410. The van der Waals surface area contributed by atoms with Crippen LogP contribution >= 0.6 is 0 Å². The predicted octanol–water partition coefficient (Wildman–Crippen LogP) is 4.10. The summed E-state index contributed by atoms with van der Waals surface area (Å²) in [6, 6.07) is 5.58. The van der Waals surface area contributed by atoms with Crippen molar-refractivity contribution in [2.45, 2.75) is 38.4 Å². The topological polar surface area (TPSA) is 26.0 Å². The molecule has 1 rings (SSSR count). The monoisotopic (exact) mass is 257 g/mol. The lowest BCUT2D eigenvalue weighted by molar-refractivity contribution is -0.136. The maximum atomic E-state index is 12.2. The van der Waals surface area contributed by atoms with Crippen molar-refractivity contribution >= 4 is 6.08 Å². The van der Waals surface area contributed by atoms with Crippen molar-refractivity contribution in [1.82, 2.24) is 0 Å². The average molecular weight is 257 g/mol. The van der Waals surface area contributed by atoms with Gasteiger partial charge in [0.25, 0.3) is 0 Å². The highest BCUT2D eigenvalue weighted by atomic mass is 19.4. The quantitative estimate of drug-likeness (QED) is 0.863. The third kappa shape index (κ3) is 4.18. The molecule has 1 unspecified atom stereocenters. The first kappa shape index (κ1) is 14.8. The van der Waals surface area contributed by atoms with Crippen LogP contribution in [-0.2, 0) is 0 Å². The minimum absolute atomic E-state index is 0.398. The van der Waals surface area contributed by atoms with Crippen molar-refractivity contribution in [3.63, 3.8) is 0 Å². The lowest BCUT2D eigenvalue weighted by Gasteiger charge is -2.11. The minimum atomic E-state index is -4.38. The summed E-state index contributed by atoms with van der Waals surface area (Å²) in [5, 5.41) is 0. The van der Waals surface area contributed by atoms with Crippen molar-refractivity contribution in [1.29, 1.82) is 0 Å². The molecule has 0 bridgehead atoms. The largest absolute Gasteiger partial charge is 0.407 e. The van der Waals surface area contributed by atoms with Crippen molar-refractivity contribution in [3.8, 4) is 0 Å². The van der Waals surface area contributed by atoms with Gasteiger partial charge in [0.15, 0.2) is 0 Å². The molecule has 0 amide bonds. The highest BCUT2D eigenvalue weighted by Gasteiger charge is 2.34. The number of benzene rings is 1. The van der Waals surface area contributed by atoms with E-state index in [2.05, 4.69) is 13.8 Å². The summed E-state index contributed by atoms with van der Waals surface area (Å²) in [5.74, 6) is 0.398. The van der Waals surface area contributed by atoms with E-state index < -0.39 is 12.2 Å². The zero-order valence-corrected chi connectivity index (χ0v) is 10.5. The number of alkyl halides is 3. The third-order valence-electron chi connectivity index (χ3n) is 2.97. The Labute approximate surface area is 105 Å². The maximum Gasteiger partial charge on any atom is 0.407 e. The SMILES string of the molecule is CCC(C)c1cccc(C=C[C@H](N)C(F)(F)F)c1. The van der Waals surface area contributed by atoms with Gasteiger partial charge in [-0.05, 0) is 23.5 Å². The zero-order valence-electron chi connectivity index (χ0n) is 10.5. The lowest BCUT2D eigenvalue weighted by atomic mass is 9.97. The van der Waals surface area contributed by atoms with Crippen LogP contribution in [0.2, 0.25) is 0 Å². The van der Waals surface area contributed by atoms with Crippen molar-refractivity contribution < 1.29 is 13.2 Å². The van der Waals surface area contributed by atoms with Crippen molar-refractivity contribution in [2.24, 2.45) is 5.73 Å². The Balaban J connectivity index is 2.82. The van der Waals surface area contributed by atoms with Crippen LogP contribution in [0.4, 0.5) is 13.2 Å².